The van der Waals surface area contributed by atoms with Crippen LogP contribution in [0.4, 0.5) is 0 Å². The van der Waals surface area contributed by atoms with Crippen LogP contribution in [-0.4, -0.2) is 16.9 Å². The van der Waals surface area contributed by atoms with Gasteiger partial charge in [0.05, 0.1) is 5.56 Å². The third kappa shape index (κ3) is 3.41. The van der Waals surface area contributed by atoms with Crippen molar-refractivity contribution in [3.8, 4) is 0 Å². The van der Waals surface area contributed by atoms with Gasteiger partial charge in [-0.15, -0.1) is 0 Å². The summed E-state index contributed by atoms with van der Waals surface area (Å²) in [5, 5.41) is 9.22. The average molecular weight is 234 g/mol. The van der Waals surface area contributed by atoms with E-state index >= 15 is 0 Å². The molecule has 0 fully saturated rings. The normalized spacial score (nSPS) is 10.2. The van der Waals surface area contributed by atoms with Gasteiger partial charge in [0.25, 0.3) is 0 Å². The van der Waals surface area contributed by atoms with Crippen molar-refractivity contribution >= 4 is 11.8 Å². The lowest BCUT2D eigenvalue weighted by molar-refractivity contribution is -0.118. The second kappa shape index (κ2) is 6.18. The van der Waals surface area contributed by atoms with Crippen molar-refractivity contribution in [1.82, 2.24) is 0 Å². The van der Waals surface area contributed by atoms with E-state index in [0.717, 1.165) is 11.1 Å². The largest absolute Gasteiger partial charge is 0.478 e. The molecule has 0 bridgehead atoms. The van der Waals surface area contributed by atoms with Crippen molar-refractivity contribution in [3.63, 3.8) is 0 Å². The maximum atomic E-state index is 11.3. The van der Waals surface area contributed by atoms with Crippen LogP contribution in [0.5, 0.6) is 0 Å². The number of ketones is 1. The van der Waals surface area contributed by atoms with Crippen molar-refractivity contribution in [1.29, 1.82) is 0 Å². The molecule has 92 valence electrons. The predicted octanol–water partition coefficient (Wildman–Crippen LogP) is 2.86. The molecule has 0 aromatic heterocycles. The lowest BCUT2D eigenvalue weighted by atomic mass is 9.95. The van der Waals surface area contributed by atoms with Crippen LogP contribution in [0.25, 0.3) is 0 Å². The van der Waals surface area contributed by atoms with Crippen LogP contribution >= 0.6 is 0 Å². The molecule has 1 aromatic rings. The maximum Gasteiger partial charge on any atom is 0.336 e. The summed E-state index contributed by atoms with van der Waals surface area (Å²) in [6.45, 7) is 3.76. The van der Waals surface area contributed by atoms with E-state index in [2.05, 4.69) is 0 Å². The third-order valence-electron chi connectivity index (χ3n) is 2.90. The van der Waals surface area contributed by atoms with Crippen molar-refractivity contribution < 1.29 is 14.7 Å². The van der Waals surface area contributed by atoms with Crippen LogP contribution in [0.1, 0.15) is 48.2 Å². The van der Waals surface area contributed by atoms with Gasteiger partial charge in [0, 0.05) is 12.8 Å². The van der Waals surface area contributed by atoms with Gasteiger partial charge in [0.2, 0.25) is 0 Å². The molecule has 0 atom stereocenters. The van der Waals surface area contributed by atoms with Crippen molar-refractivity contribution in [2.75, 3.05) is 0 Å². The Kier molecular flexibility index (Phi) is 4.88. The summed E-state index contributed by atoms with van der Waals surface area (Å²) < 4.78 is 0. The van der Waals surface area contributed by atoms with E-state index in [-0.39, 0.29) is 5.78 Å². The highest BCUT2D eigenvalue weighted by Crippen LogP contribution is 2.17. The van der Waals surface area contributed by atoms with E-state index in [0.29, 0.717) is 31.2 Å². The van der Waals surface area contributed by atoms with Crippen LogP contribution in [0.3, 0.4) is 0 Å². The number of Topliss-reactive ketones (excluding diaryl/α,β-unsaturated/α-hetero) is 1. The molecule has 0 radical (unpaired) electrons. The molecule has 1 N–H and O–H groups in total. The Labute approximate surface area is 101 Å². The number of carboxylic acids is 1. The Morgan fingerprint density at radius 2 is 1.82 bits per heavy atom. The number of aromatic carboxylic acids is 1. The van der Waals surface area contributed by atoms with Crippen LogP contribution in [0.2, 0.25) is 0 Å². The van der Waals surface area contributed by atoms with Crippen molar-refractivity contribution in [2.45, 2.75) is 39.5 Å². The molecule has 0 saturated heterocycles. The van der Waals surface area contributed by atoms with E-state index in [1.807, 2.05) is 26.0 Å². The minimum absolute atomic E-state index is 0.170. The first-order valence-corrected chi connectivity index (χ1v) is 5.95. The van der Waals surface area contributed by atoms with Crippen molar-refractivity contribution in [3.05, 3.63) is 34.9 Å². The quantitative estimate of drug-likeness (QED) is 0.823. The average Bonchev–Trinajstić information content (AvgIpc) is 2.34. The first kappa shape index (κ1) is 13.4. The van der Waals surface area contributed by atoms with Crippen molar-refractivity contribution in [2.24, 2.45) is 0 Å². The fraction of sp³-hybridized carbons (Fsp3) is 0.429. The van der Waals surface area contributed by atoms with Gasteiger partial charge in [0.1, 0.15) is 5.78 Å². The number of hydrogen-bond acceptors (Lipinski definition) is 2. The standard InChI is InChI=1S/C14H18O3/c1-3-10-6-5-7-11(13(10)14(16)17)8-9-12(15)4-2/h5-7H,3-4,8-9H2,1-2H3,(H,16,17). The number of benzene rings is 1. The molecule has 0 aliphatic heterocycles. The first-order valence-electron chi connectivity index (χ1n) is 5.95. The molecule has 17 heavy (non-hydrogen) atoms. The number of aryl methyl sites for hydroxylation is 2. The van der Waals surface area contributed by atoms with E-state index in [1.54, 1.807) is 6.07 Å². The van der Waals surface area contributed by atoms with E-state index in [4.69, 9.17) is 0 Å². The van der Waals surface area contributed by atoms with Gasteiger partial charge in [-0.25, -0.2) is 4.79 Å². The SMILES string of the molecule is CCC(=O)CCc1cccc(CC)c1C(=O)O. The maximum absolute atomic E-state index is 11.3. The lowest BCUT2D eigenvalue weighted by Gasteiger charge is -2.09. The van der Waals surface area contributed by atoms with Crippen LogP contribution in [0.15, 0.2) is 18.2 Å². The van der Waals surface area contributed by atoms with Crippen LogP contribution in [0, 0.1) is 0 Å². The van der Waals surface area contributed by atoms with Gasteiger partial charge >= 0.3 is 5.97 Å². The summed E-state index contributed by atoms with van der Waals surface area (Å²) in [5.41, 5.74) is 1.97. The van der Waals surface area contributed by atoms with Gasteiger partial charge in [0.15, 0.2) is 0 Å². The molecule has 3 heteroatoms. The highest BCUT2D eigenvalue weighted by molar-refractivity contribution is 5.91. The molecule has 0 saturated carbocycles. The number of carboxylic acid groups (broad SMARTS) is 1. The molecular formula is C14H18O3. The molecule has 0 aliphatic rings. The minimum Gasteiger partial charge on any atom is -0.478 e. The van der Waals surface area contributed by atoms with Gasteiger partial charge < -0.3 is 5.11 Å². The Morgan fingerprint density at radius 3 is 2.35 bits per heavy atom. The predicted molar refractivity (Wildman–Crippen MR) is 66.4 cm³/mol. The molecule has 0 spiro atoms. The molecule has 0 amide bonds. The zero-order valence-electron chi connectivity index (χ0n) is 10.3. The van der Waals surface area contributed by atoms with Crippen LogP contribution in [-0.2, 0) is 17.6 Å². The highest BCUT2D eigenvalue weighted by Gasteiger charge is 2.14. The summed E-state index contributed by atoms with van der Waals surface area (Å²) in [4.78, 5) is 22.5. The first-order chi connectivity index (χ1) is 8.10. The Hall–Kier alpha value is -1.64. The van der Waals surface area contributed by atoms with E-state index in [9.17, 15) is 14.7 Å². The topological polar surface area (TPSA) is 54.4 Å². The second-order valence-corrected chi connectivity index (χ2v) is 4.00. The fourth-order valence-electron chi connectivity index (χ4n) is 1.88. The number of rotatable bonds is 6. The molecule has 0 unspecified atom stereocenters. The summed E-state index contributed by atoms with van der Waals surface area (Å²) >= 11 is 0. The summed E-state index contributed by atoms with van der Waals surface area (Å²) in [7, 11) is 0. The Bertz CT molecular complexity index is 421. The Balaban J connectivity index is 2.98. The highest BCUT2D eigenvalue weighted by atomic mass is 16.4. The minimum atomic E-state index is -0.901. The monoisotopic (exact) mass is 234 g/mol. The molecule has 0 heterocycles. The molecule has 1 rings (SSSR count). The van der Waals surface area contributed by atoms with E-state index < -0.39 is 5.97 Å². The smallest absolute Gasteiger partial charge is 0.336 e. The Morgan fingerprint density at radius 1 is 1.18 bits per heavy atom. The number of carbonyl (C=O) groups excluding carboxylic acids is 1. The molecule has 3 nitrogen and oxygen atoms in total. The second-order valence-electron chi connectivity index (χ2n) is 4.00. The summed E-state index contributed by atoms with van der Waals surface area (Å²) in [5.74, 6) is -0.732. The molecule has 0 aliphatic carbocycles. The molecular weight excluding hydrogens is 216 g/mol. The number of hydrogen-bond donors (Lipinski definition) is 1. The van der Waals surface area contributed by atoms with Gasteiger partial charge in [-0.3, -0.25) is 4.79 Å². The summed E-state index contributed by atoms with van der Waals surface area (Å²) in [6, 6.07) is 5.48. The zero-order valence-corrected chi connectivity index (χ0v) is 10.3. The van der Waals surface area contributed by atoms with Gasteiger partial charge in [-0.1, -0.05) is 32.0 Å². The van der Waals surface area contributed by atoms with Gasteiger partial charge in [-0.05, 0) is 24.0 Å². The molecule has 1 aromatic carbocycles. The summed E-state index contributed by atoms with van der Waals surface area (Å²) in [6.07, 6.45) is 2.14. The van der Waals surface area contributed by atoms with E-state index in [1.165, 1.54) is 0 Å². The lowest BCUT2D eigenvalue weighted by Crippen LogP contribution is -2.08. The van der Waals surface area contributed by atoms with Gasteiger partial charge in [-0.2, -0.15) is 0 Å². The van der Waals surface area contributed by atoms with Crippen LogP contribution < -0.4 is 0 Å². The zero-order chi connectivity index (χ0) is 12.8. The third-order valence-corrected chi connectivity index (χ3v) is 2.90. The fourth-order valence-corrected chi connectivity index (χ4v) is 1.88. The number of carbonyl (C=O) groups is 2.